The van der Waals surface area contributed by atoms with Crippen LogP contribution in [0.1, 0.15) is 0 Å². The van der Waals surface area contributed by atoms with Gasteiger partial charge >= 0.3 is 93.1 Å². The maximum absolute atomic E-state index is 8.25. The van der Waals surface area contributed by atoms with Crippen molar-refractivity contribution in [3.05, 3.63) is 61.3 Å². The van der Waals surface area contributed by atoms with Crippen LogP contribution in [0.4, 0.5) is 0 Å². The summed E-state index contributed by atoms with van der Waals surface area (Å²) in [4.78, 5) is 33.0. The average molecular weight is 427 g/mol. The van der Waals surface area contributed by atoms with E-state index in [1.165, 1.54) is 0 Å². The van der Waals surface area contributed by atoms with Crippen molar-refractivity contribution in [3.63, 3.8) is 0 Å². The third kappa shape index (κ3) is 99200. The summed E-state index contributed by atoms with van der Waals surface area (Å²) in [6.07, 6.45) is 0. The van der Waals surface area contributed by atoms with Gasteiger partial charge in [-0.2, -0.15) is 0 Å². The maximum atomic E-state index is 8.25. The van der Waals surface area contributed by atoms with Crippen LogP contribution in [0.3, 0.4) is 0 Å². The SMILES string of the molecule is O=[N+]([O-])[O-].O=[N+]([O-])[O-].O=[N+]([O-])[O-].O=[N+]([O-])[O-].[Ce+3].[K+]. The molecule has 18 heavy (non-hydrogen) atoms. The first kappa shape index (κ1) is 36.1. The van der Waals surface area contributed by atoms with Crippen molar-refractivity contribution in [1.29, 1.82) is 0 Å². The van der Waals surface area contributed by atoms with Gasteiger partial charge in [0.1, 0.15) is 0 Å². The Kier molecular flexibility index (Phi) is 60.4. The average Bonchev–Trinajstić information content (AvgIpc) is 1.76. The van der Waals surface area contributed by atoms with Crippen LogP contribution < -0.4 is 51.4 Å². The number of nitrogens with zero attached hydrogens (tertiary/aromatic N) is 4. The van der Waals surface area contributed by atoms with Crippen molar-refractivity contribution in [2.45, 2.75) is 0 Å². The molecule has 0 saturated heterocycles. The van der Waals surface area contributed by atoms with Gasteiger partial charge in [-0.3, -0.25) is 0 Å². The van der Waals surface area contributed by atoms with Gasteiger partial charge in [0.05, 0.1) is 20.3 Å². The van der Waals surface area contributed by atoms with Crippen molar-refractivity contribution in [1.82, 2.24) is 0 Å². The molecule has 0 heterocycles. The zero-order valence-electron chi connectivity index (χ0n) is 8.19. The summed E-state index contributed by atoms with van der Waals surface area (Å²) in [6, 6.07) is 0. The molecule has 0 amide bonds. The summed E-state index contributed by atoms with van der Waals surface area (Å²) in [6.45, 7) is 0. The van der Waals surface area contributed by atoms with Gasteiger partial charge < -0.3 is 61.3 Å². The van der Waals surface area contributed by atoms with E-state index < -0.39 is 20.3 Å². The summed E-state index contributed by atoms with van der Waals surface area (Å²) >= 11 is 0. The van der Waals surface area contributed by atoms with Crippen LogP contribution in [-0.2, 0) is 0 Å². The van der Waals surface area contributed by atoms with Gasteiger partial charge in [0.25, 0.3) is 0 Å². The van der Waals surface area contributed by atoms with Crippen LogP contribution >= 0.6 is 0 Å². The van der Waals surface area contributed by atoms with Crippen LogP contribution in [-0.4, -0.2) is 20.3 Å². The summed E-state index contributed by atoms with van der Waals surface area (Å²) in [5.74, 6) is 0. The normalized spacial score (nSPS) is 5.33. The van der Waals surface area contributed by atoms with Gasteiger partial charge in [-0.1, -0.05) is 0 Å². The Balaban J connectivity index is -0.0000000257. The minimum Gasteiger partial charge on any atom is -0.356 e. The minimum absolute atomic E-state index is 0. The molecule has 0 unspecified atom stereocenters. The van der Waals surface area contributed by atoms with Gasteiger partial charge in [-0.05, 0) is 0 Å². The van der Waals surface area contributed by atoms with Crippen LogP contribution in [0.25, 0.3) is 0 Å². The Bertz CT molecular complexity index is 164. The van der Waals surface area contributed by atoms with Gasteiger partial charge in [-0.15, -0.1) is 0 Å². The van der Waals surface area contributed by atoms with Crippen LogP contribution in [0, 0.1) is 103 Å². The van der Waals surface area contributed by atoms with Crippen molar-refractivity contribution in [3.8, 4) is 0 Å². The molecule has 1 radical (unpaired) electrons. The summed E-state index contributed by atoms with van der Waals surface area (Å²) < 4.78 is 0. The molecule has 0 N–H and O–H groups in total. The first-order valence-electron chi connectivity index (χ1n) is 2.19. The molecule has 0 aliphatic heterocycles. The van der Waals surface area contributed by atoms with E-state index in [1.807, 2.05) is 0 Å². The summed E-state index contributed by atoms with van der Waals surface area (Å²) in [5.41, 5.74) is 0. The predicted molar refractivity (Wildman–Crippen MR) is 41.4 cm³/mol. The molecular formula is CeKN4O12. The fourth-order valence-electron chi connectivity index (χ4n) is 0. The molecule has 0 aromatic rings. The van der Waals surface area contributed by atoms with Gasteiger partial charge in [-0.25, -0.2) is 0 Å². The van der Waals surface area contributed by atoms with Crippen LogP contribution in [0.2, 0.25) is 0 Å². The molecule has 0 aromatic heterocycles. The van der Waals surface area contributed by atoms with Gasteiger partial charge in [0, 0.05) is 0 Å². The molecule has 0 rings (SSSR count). The molecule has 0 aliphatic rings. The van der Waals surface area contributed by atoms with Gasteiger partial charge in [0.2, 0.25) is 0 Å². The summed E-state index contributed by atoms with van der Waals surface area (Å²) in [7, 11) is 0. The second kappa shape index (κ2) is 30.1. The minimum atomic E-state index is -1.75. The molecule has 0 fully saturated rings. The molecule has 18 heteroatoms. The fraction of sp³-hybridized carbons (Fsp3) is 0. The van der Waals surface area contributed by atoms with E-state index in [2.05, 4.69) is 0 Å². The number of hydrogen-bond acceptors (Lipinski definition) is 12. The van der Waals surface area contributed by atoms with Crippen molar-refractivity contribution < 1.29 is 113 Å². The van der Waals surface area contributed by atoms with Crippen LogP contribution in [0.15, 0.2) is 0 Å². The Morgan fingerprint density at radius 2 is 0.444 bits per heavy atom. The smallest absolute Gasteiger partial charge is 0.356 e. The topological polar surface area (TPSA) is 265 Å². The van der Waals surface area contributed by atoms with Crippen LogP contribution in [0.5, 0.6) is 0 Å². The van der Waals surface area contributed by atoms with Crippen molar-refractivity contribution in [2.24, 2.45) is 0 Å². The quantitative estimate of drug-likeness (QED) is 0.203. The standard InChI is InChI=1S/Ce.K.4NO3/c;;4*2-1(3)4/q+3;+1;4*-1. The zero-order valence-corrected chi connectivity index (χ0v) is 14.5. The van der Waals surface area contributed by atoms with E-state index >= 15 is 0 Å². The molecule has 97 valence electrons. The molecule has 0 aromatic carbocycles. The van der Waals surface area contributed by atoms with E-state index in [1.54, 1.807) is 0 Å². The second-order valence-electron chi connectivity index (χ2n) is 0.894. The molecule has 0 saturated carbocycles. The third-order valence-corrected chi connectivity index (χ3v) is 0. The molecule has 16 nitrogen and oxygen atoms in total. The van der Waals surface area contributed by atoms with Crippen molar-refractivity contribution >= 4 is 0 Å². The Labute approximate surface area is 172 Å². The molecule has 0 aliphatic carbocycles. The largest absolute Gasteiger partial charge is 3.00 e. The Hall–Kier alpha value is -0.187. The maximum Gasteiger partial charge on any atom is 3.00 e. The first-order valence-corrected chi connectivity index (χ1v) is 2.19. The number of rotatable bonds is 0. The third-order valence-electron chi connectivity index (χ3n) is 0. The Morgan fingerprint density at radius 1 is 0.444 bits per heavy atom. The first-order chi connectivity index (χ1) is 6.93. The van der Waals surface area contributed by atoms with Crippen molar-refractivity contribution in [2.75, 3.05) is 0 Å². The molecule has 0 bridgehead atoms. The fourth-order valence-corrected chi connectivity index (χ4v) is 0. The summed E-state index contributed by atoms with van der Waals surface area (Å²) in [5, 5.41) is 59.0. The molecule has 0 atom stereocenters. The number of hydrogen-bond donors (Lipinski definition) is 0. The predicted octanol–water partition coefficient (Wildman–Crippen LogP) is -3.95. The van der Waals surface area contributed by atoms with Gasteiger partial charge in [0.15, 0.2) is 0 Å². The van der Waals surface area contributed by atoms with E-state index in [0.29, 0.717) is 0 Å². The molecular weight excluding hydrogens is 427 g/mol. The molecule has 0 spiro atoms. The van der Waals surface area contributed by atoms with E-state index in [-0.39, 0.29) is 93.1 Å². The second-order valence-corrected chi connectivity index (χ2v) is 0.894. The monoisotopic (exact) mass is 427 g/mol. The van der Waals surface area contributed by atoms with E-state index in [0.717, 1.165) is 0 Å². The zero-order chi connectivity index (χ0) is 14.3. The van der Waals surface area contributed by atoms with E-state index in [4.69, 9.17) is 61.3 Å². The van der Waals surface area contributed by atoms with E-state index in [9.17, 15) is 0 Å². The Morgan fingerprint density at radius 3 is 0.444 bits per heavy atom.